The molecule has 0 aromatic heterocycles. The predicted octanol–water partition coefficient (Wildman–Crippen LogP) is 14.8. The van der Waals surface area contributed by atoms with Gasteiger partial charge in [-0.15, -0.1) is 0 Å². The van der Waals surface area contributed by atoms with Crippen LogP contribution in [0.25, 0.3) is 76.5 Å². The molecule has 0 fully saturated rings. The van der Waals surface area contributed by atoms with Crippen LogP contribution in [0.5, 0.6) is 0 Å². The molecule has 10 aromatic rings. The molecule has 0 saturated heterocycles. The van der Waals surface area contributed by atoms with E-state index in [9.17, 15) is 11.0 Å². The van der Waals surface area contributed by atoms with Gasteiger partial charge in [0, 0.05) is 17.1 Å². The smallest absolute Gasteiger partial charge is 0.0645 e. The number of hydrogen-bond acceptors (Lipinski definition) is 1. The zero-order valence-corrected chi connectivity index (χ0v) is 28.5. The summed E-state index contributed by atoms with van der Waals surface area (Å²) in [5.41, 5.74) is 2.90. The van der Waals surface area contributed by atoms with E-state index in [0.717, 1.165) is 54.2 Å². The molecule has 10 aromatic carbocycles. The van der Waals surface area contributed by atoms with Crippen LogP contribution in [0.3, 0.4) is 0 Å². The van der Waals surface area contributed by atoms with E-state index in [1.807, 2.05) is 152 Å². The van der Waals surface area contributed by atoms with Crippen LogP contribution in [-0.2, 0) is 0 Å². The number of rotatable bonds is 6. The molecule has 53 heavy (non-hydrogen) atoms. The molecule has 0 amide bonds. The number of hydrogen-bond donors (Lipinski definition) is 0. The van der Waals surface area contributed by atoms with E-state index in [1.54, 1.807) is 12.1 Å². The fraction of sp³-hybridized carbons (Fsp3) is 0. The predicted molar refractivity (Wildman–Crippen MR) is 227 cm³/mol. The molecule has 0 aliphatic carbocycles. The van der Waals surface area contributed by atoms with Gasteiger partial charge in [-0.1, -0.05) is 164 Å². The molecule has 0 spiro atoms. The van der Waals surface area contributed by atoms with Gasteiger partial charge < -0.3 is 4.90 Å². The zero-order chi connectivity index (χ0) is 42.1. The molecule has 0 atom stereocenters. The summed E-state index contributed by atoms with van der Waals surface area (Å²) in [6.07, 6.45) is 0. The molecule has 0 aliphatic rings. The average molecular weight is 682 g/mol. The highest BCUT2D eigenvalue weighted by molar-refractivity contribution is 6.08. The van der Waals surface area contributed by atoms with E-state index in [-0.39, 0.29) is 70.8 Å². The summed E-state index contributed by atoms with van der Waals surface area (Å²) in [5.74, 6) is 0. The minimum atomic E-state index is -0.388. The number of anilines is 3. The Morgan fingerprint density at radius 3 is 1.53 bits per heavy atom. The molecular weight excluding hydrogens is 639 g/mol. The standard InChI is InChI=1S/C52H35N/c1-2-12-41-33-42(21-19-36(41)9-1)37-23-28-46(29-24-37)53(48-15-7-14-44(35-48)51-18-8-13-39-10-3-5-16-49(39)51)47-30-25-38(26-31-47)43-27-32-52-45(34-43)22-20-40-11-4-6-17-50(40)52/h1-35H/i23D,24D,25D,26D,28D,29D,30D,31D. The summed E-state index contributed by atoms with van der Waals surface area (Å²) >= 11 is 0. The number of benzene rings is 10. The van der Waals surface area contributed by atoms with E-state index in [2.05, 4.69) is 0 Å². The largest absolute Gasteiger partial charge is 0.310 e. The van der Waals surface area contributed by atoms with Crippen LogP contribution in [-0.4, -0.2) is 0 Å². The van der Waals surface area contributed by atoms with Gasteiger partial charge in [-0.3, -0.25) is 0 Å². The molecule has 0 heterocycles. The molecule has 248 valence electrons. The Morgan fingerprint density at radius 1 is 0.283 bits per heavy atom. The van der Waals surface area contributed by atoms with Crippen molar-refractivity contribution in [3.05, 3.63) is 212 Å². The van der Waals surface area contributed by atoms with Gasteiger partial charge in [0.05, 0.1) is 11.0 Å². The molecule has 10 rings (SSSR count). The van der Waals surface area contributed by atoms with E-state index in [0.29, 0.717) is 16.8 Å². The highest BCUT2D eigenvalue weighted by Crippen LogP contribution is 2.40. The maximum absolute atomic E-state index is 9.60. The Labute approximate surface area is 320 Å². The van der Waals surface area contributed by atoms with Gasteiger partial charge in [-0.05, 0) is 125 Å². The lowest BCUT2D eigenvalue weighted by Crippen LogP contribution is -2.10. The molecule has 0 unspecified atom stereocenters. The lowest BCUT2D eigenvalue weighted by molar-refractivity contribution is 1.28. The van der Waals surface area contributed by atoms with Gasteiger partial charge >= 0.3 is 0 Å². The molecule has 1 nitrogen and oxygen atoms in total. The van der Waals surface area contributed by atoms with Gasteiger partial charge in [0.1, 0.15) is 0 Å². The second-order valence-electron chi connectivity index (χ2n) is 13.1. The lowest BCUT2D eigenvalue weighted by Gasteiger charge is -2.26. The van der Waals surface area contributed by atoms with Gasteiger partial charge in [0.15, 0.2) is 0 Å². The van der Waals surface area contributed by atoms with E-state index in [1.165, 1.54) is 4.90 Å². The van der Waals surface area contributed by atoms with Crippen molar-refractivity contribution in [2.75, 3.05) is 4.90 Å². The maximum Gasteiger partial charge on any atom is 0.0645 e. The molecule has 0 N–H and O–H groups in total. The Hall–Kier alpha value is -6.96. The van der Waals surface area contributed by atoms with Crippen molar-refractivity contribution < 1.29 is 11.0 Å². The third-order valence-corrected chi connectivity index (χ3v) is 9.95. The SMILES string of the molecule is [2H]c1c([2H])c(N(c2cccc(-c3cccc4ccccc34)c2)c2c([2H])c([2H])c(-c3ccc4c(ccc5ccccc54)c3)c([2H])c2[2H])c([2H])c([2H])c1-c1ccc2ccccc2c1. The van der Waals surface area contributed by atoms with Crippen LogP contribution in [0.1, 0.15) is 11.0 Å². The lowest BCUT2D eigenvalue weighted by atomic mass is 9.97. The van der Waals surface area contributed by atoms with E-state index >= 15 is 0 Å². The van der Waals surface area contributed by atoms with Crippen molar-refractivity contribution in [2.24, 2.45) is 0 Å². The first-order valence-electron chi connectivity index (χ1n) is 21.6. The second-order valence-corrected chi connectivity index (χ2v) is 13.1. The summed E-state index contributed by atoms with van der Waals surface area (Å²) in [5, 5.41) is 7.92. The highest BCUT2D eigenvalue weighted by Gasteiger charge is 2.15. The Balaban J connectivity index is 1.21. The summed E-state index contributed by atoms with van der Waals surface area (Å²) in [4.78, 5) is 1.37. The van der Waals surface area contributed by atoms with Crippen molar-refractivity contribution in [3.8, 4) is 33.4 Å². The quantitative estimate of drug-likeness (QED) is 0.158. The Bertz CT molecular complexity index is 3370. The van der Waals surface area contributed by atoms with Crippen LogP contribution < -0.4 is 4.90 Å². The van der Waals surface area contributed by atoms with Crippen LogP contribution in [0, 0.1) is 0 Å². The van der Waals surface area contributed by atoms with Crippen molar-refractivity contribution in [1.82, 2.24) is 0 Å². The normalized spacial score (nSPS) is 13.5. The minimum Gasteiger partial charge on any atom is -0.310 e. The Kier molecular flexibility index (Phi) is 5.76. The van der Waals surface area contributed by atoms with Crippen molar-refractivity contribution in [1.29, 1.82) is 0 Å². The summed E-state index contributed by atoms with van der Waals surface area (Å²) in [6, 6.07) is 49.5. The van der Waals surface area contributed by atoms with E-state index in [4.69, 9.17) is 0 Å². The van der Waals surface area contributed by atoms with Gasteiger partial charge in [-0.25, -0.2) is 0 Å². The first-order chi connectivity index (χ1) is 29.6. The number of nitrogens with zero attached hydrogens (tertiary/aromatic N) is 1. The van der Waals surface area contributed by atoms with Crippen LogP contribution in [0.15, 0.2) is 212 Å². The molecule has 1 heteroatoms. The van der Waals surface area contributed by atoms with Crippen molar-refractivity contribution in [3.63, 3.8) is 0 Å². The van der Waals surface area contributed by atoms with Crippen molar-refractivity contribution in [2.45, 2.75) is 0 Å². The minimum absolute atomic E-state index is 0.115. The van der Waals surface area contributed by atoms with Gasteiger partial charge in [0.25, 0.3) is 0 Å². The highest BCUT2D eigenvalue weighted by atomic mass is 15.1. The molecule has 0 aliphatic heterocycles. The number of fused-ring (bicyclic) bond motifs is 5. The van der Waals surface area contributed by atoms with Crippen LogP contribution in [0.4, 0.5) is 17.1 Å². The fourth-order valence-electron chi connectivity index (χ4n) is 7.30. The van der Waals surface area contributed by atoms with Crippen LogP contribution >= 0.6 is 0 Å². The molecule has 0 saturated carbocycles. The first-order valence-corrected chi connectivity index (χ1v) is 17.6. The molecule has 0 bridgehead atoms. The van der Waals surface area contributed by atoms with Gasteiger partial charge in [0.2, 0.25) is 0 Å². The first kappa shape index (κ1) is 23.5. The van der Waals surface area contributed by atoms with Crippen molar-refractivity contribution >= 4 is 60.2 Å². The topological polar surface area (TPSA) is 3.24 Å². The third kappa shape index (κ3) is 5.69. The van der Waals surface area contributed by atoms with Gasteiger partial charge in [-0.2, -0.15) is 0 Å². The maximum atomic E-state index is 9.60. The monoisotopic (exact) mass is 681 g/mol. The third-order valence-electron chi connectivity index (χ3n) is 9.95. The summed E-state index contributed by atoms with van der Waals surface area (Å²) < 4.78 is 76.0. The summed E-state index contributed by atoms with van der Waals surface area (Å²) in [7, 11) is 0. The summed E-state index contributed by atoms with van der Waals surface area (Å²) in [6.45, 7) is 0. The van der Waals surface area contributed by atoms with Crippen LogP contribution in [0.2, 0.25) is 0 Å². The Morgan fingerprint density at radius 2 is 0.792 bits per heavy atom. The molecule has 0 radical (unpaired) electrons. The van der Waals surface area contributed by atoms with E-state index < -0.39 is 0 Å². The second kappa shape index (κ2) is 13.0. The average Bonchev–Trinajstić information content (AvgIpc) is 3.29. The zero-order valence-electron chi connectivity index (χ0n) is 36.5. The fourth-order valence-corrected chi connectivity index (χ4v) is 7.30. The molecular formula is C52H35N.